The highest BCUT2D eigenvalue weighted by Gasteiger charge is 2.24. The first kappa shape index (κ1) is 18.0. The summed E-state index contributed by atoms with van der Waals surface area (Å²) in [6.45, 7) is 9.83. The van der Waals surface area contributed by atoms with Crippen LogP contribution in [0.25, 0.3) is 11.0 Å². The Balaban J connectivity index is 2.62. The summed E-state index contributed by atoms with van der Waals surface area (Å²) in [4.78, 5) is 37.0. The minimum Gasteiger partial charge on any atom is -0.462 e. The number of ketones is 1. The van der Waals surface area contributed by atoms with Gasteiger partial charge in [-0.05, 0) is 32.0 Å². The van der Waals surface area contributed by atoms with Gasteiger partial charge < -0.3 is 4.74 Å². The maximum Gasteiger partial charge on any atom is 0.338 e. The number of imidazole rings is 1. The molecule has 0 spiro atoms. The molecule has 6 heteroatoms. The van der Waals surface area contributed by atoms with E-state index in [9.17, 15) is 14.4 Å². The fourth-order valence-electron chi connectivity index (χ4n) is 2.50. The topological polar surface area (TPSA) is 70.3 Å². The molecule has 1 aromatic carbocycles. The zero-order valence-electron chi connectivity index (χ0n) is 14.9. The second-order valence-electron chi connectivity index (χ2n) is 6.71. The third-order valence-corrected chi connectivity index (χ3v) is 3.98. The van der Waals surface area contributed by atoms with Crippen LogP contribution in [0.2, 0.25) is 0 Å². The standard InChI is InChI=1S/C18H24N2O4/c1-6-19-13-9-8-12(16(22)24-7-2)10-14(13)20(17(19)23)11-15(21)18(3,4)5/h8-10H,6-7,11H2,1-5H3. The van der Waals surface area contributed by atoms with Crippen molar-refractivity contribution < 1.29 is 14.3 Å². The van der Waals surface area contributed by atoms with Crippen molar-refractivity contribution >= 4 is 22.8 Å². The number of hydrogen-bond acceptors (Lipinski definition) is 4. The Bertz CT molecular complexity index is 837. The number of hydrogen-bond donors (Lipinski definition) is 0. The molecule has 1 aromatic heterocycles. The zero-order chi connectivity index (χ0) is 18.1. The summed E-state index contributed by atoms with van der Waals surface area (Å²) < 4.78 is 8.05. The normalized spacial score (nSPS) is 11.7. The third-order valence-electron chi connectivity index (χ3n) is 3.98. The molecule has 0 fully saturated rings. The molecular weight excluding hydrogens is 308 g/mol. The number of benzene rings is 1. The lowest BCUT2D eigenvalue weighted by atomic mass is 9.91. The summed E-state index contributed by atoms with van der Waals surface area (Å²) in [6.07, 6.45) is 0. The summed E-state index contributed by atoms with van der Waals surface area (Å²) >= 11 is 0. The van der Waals surface area contributed by atoms with Gasteiger partial charge >= 0.3 is 11.7 Å². The van der Waals surface area contributed by atoms with Crippen molar-refractivity contribution in [1.82, 2.24) is 9.13 Å². The molecule has 0 atom stereocenters. The Morgan fingerprint density at radius 1 is 1.08 bits per heavy atom. The molecule has 0 saturated carbocycles. The molecule has 2 aromatic rings. The quantitative estimate of drug-likeness (QED) is 0.789. The number of nitrogens with zero attached hydrogens (tertiary/aromatic N) is 2. The number of carbonyl (C=O) groups excluding carboxylic acids is 2. The summed E-state index contributed by atoms with van der Waals surface area (Å²) in [6, 6.07) is 4.99. The van der Waals surface area contributed by atoms with Crippen molar-refractivity contribution in [2.24, 2.45) is 5.41 Å². The highest BCUT2D eigenvalue weighted by Crippen LogP contribution is 2.20. The summed E-state index contributed by atoms with van der Waals surface area (Å²) in [5.74, 6) is -0.480. The SMILES string of the molecule is CCOC(=O)c1ccc2c(c1)n(CC(=O)C(C)(C)C)c(=O)n2CC. The van der Waals surface area contributed by atoms with Gasteiger partial charge in [0.2, 0.25) is 0 Å². The average Bonchev–Trinajstić information content (AvgIpc) is 2.77. The Morgan fingerprint density at radius 3 is 2.29 bits per heavy atom. The molecule has 0 aliphatic heterocycles. The fraction of sp³-hybridized carbons (Fsp3) is 0.500. The van der Waals surface area contributed by atoms with Crippen molar-refractivity contribution in [2.45, 2.75) is 47.7 Å². The predicted octanol–water partition coefficient (Wildman–Crippen LogP) is 2.61. The second-order valence-corrected chi connectivity index (χ2v) is 6.71. The molecule has 130 valence electrons. The first-order chi connectivity index (χ1) is 11.2. The molecule has 0 N–H and O–H groups in total. The summed E-state index contributed by atoms with van der Waals surface area (Å²) in [7, 11) is 0. The van der Waals surface area contributed by atoms with Gasteiger partial charge in [-0.1, -0.05) is 20.8 Å². The molecular formula is C18H24N2O4. The Labute approximate surface area is 141 Å². The molecule has 2 rings (SSSR count). The molecule has 0 aliphatic carbocycles. The van der Waals surface area contributed by atoms with Crippen LogP contribution in [0.3, 0.4) is 0 Å². The largest absolute Gasteiger partial charge is 0.462 e. The number of Topliss-reactive ketones (excluding diaryl/α,β-unsaturated/α-hetero) is 1. The van der Waals surface area contributed by atoms with Crippen LogP contribution >= 0.6 is 0 Å². The van der Waals surface area contributed by atoms with E-state index in [-0.39, 0.29) is 24.6 Å². The number of rotatable bonds is 5. The minimum absolute atomic E-state index is 0.0158. The Morgan fingerprint density at radius 2 is 1.75 bits per heavy atom. The smallest absolute Gasteiger partial charge is 0.338 e. The van der Waals surface area contributed by atoms with Crippen molar-refractivity contribution in [3.8, 4) is 0 Å². The van der Waals surface area contributed by atoms with Gasteiger partial charge in [0.05, 0.1) is 29.7 Å². The van der Waals surface area contributed by atoms with Gasteiger partial charge in [-0.15, -0.1) is 0 Å². The van der Waals surface area contributed by atoms with Crippen LogP contribution in [0.1, 0.15) is 45.0 Å². The maximum absolute atomic E-state index is 12.6. The zero-order valence-corrected chi connectivity index (χ0v) is 14.9. The lowest BCUT2D eigenvalue weighted by Gasteiger charge is -2.16. The van der Waals surface area contributed by atoms with E-state index < -0.39 is 11.4 Å². The van der Waals surface area contributed by atoms with Gasteiger partial charge in [-0.3, -0.25) is 13.9 Å². The van der Waals surface area contributed by atoms with Crippen LogP contribution in [0.5, 0.6) is 0 Å². The molecule has 0 aliphatic rings. The van der Waals surface area contributed by atoms with E-state index in [0.29, 0.717) is 23.1 Å². The number of ether oxygens (including phenoxy) is 1. The first-order valence-electron chi connectivity index (χ1n) is 8.14. The van der Waals surface area contributed by atoms with Crippen LogP contribution in [-0.2, 0) is 22.6 Å². The fourth-order valence-corrected chi connectivity index (χ4v) is 2.50. The highest BCUT2D eigenvalue weighted by molar-refractivity contribution is 5.94. The average molecular weight is 332 g/mol. The van der Waals surface area contributed by atoms with Crippen molar-refractivity contribution in [2.75, 3.05) is 6.61 Å². The molecule has 0 saturated heterocycles. The van der Waals surface area contributed by atoms with Crippen LogP contribution < -0.4 is 5.69 Å². The highest BCUT2D eigenvalue weighted by atomic mass is 16.5. The Hall–Kier alpha value is -2.37. The predicted molar refractivity (Wildman–Crippen MR) is 92.3 cm³/mol. The summed E-state index contributed by atoms with van der Waals surface area (Å²) in [5.41, 5.74) is 0.863. The third kappa shape index (κ3) is 3.27. The minimum atomic E-state index is -0.543. The van der Waals surface area contributed by atoms with Gasteiger partial charge in [0, 0.05) is 12.0 Å². The Kier molecular flexibility index (Phi) is 4.96. The number of carbonyl (C=O) groups is 2. The van der Waals surface area contributed by atoms with Crippen molar-refractivity contribution in [1.29, 1.82) is 0 Å². The molecule has 0 bridgehead atoms. The molecule has 0 unspecified atom stereocenters. The van der Waals surface area contributed by atoms with Gasteiger partial charge in [0.1, 0.15) is 0 Å². The van der Waals surface area contributed by atoms with Gasteiger partial charge in [0.25, 0.3) is 0 Å². The second kappa shape index (κ2) is 6.63. The number of aromatic nitrogens is 2. The molecule has 24 heavy (non-hydrogen) atoms. The van der Waals surface area contributed by atoms with Crippen molar-refractivity contribution in [3.05, 3.63) is 34.2 Å². The van der Waals surface area contributed by atoms with Crippen LogP contribution in [-0.4, -0.2) is 27.5 Å². The van der Waals surface area contributed by atoms with Crippen LogP contribution in [0, 0.1) is 5.41 Å². The van der Waals surface area contributed by atoms with Crippen molar-refractivity contribution in [3.63, 3.8) is 0 Å². The lowest BCUT2D eigenvalue weighted by molar-refractivity contribution is -0.126. The van der Waals surface area contributed by atoms with Crippen LogP contribution in [0.4, 0.5) is 0 Å². The van der Waals surface area contributed by atoms with E-state index in [2.05, 4.69) is 0 Å². The number of esters is 1. The lowest BCUT2D eigenvalue weighted by Crippen LogP contribution is -2.31. The summed E-state index contributed by atoms with van der Waals surface area (Å²) in [5, 5.41) is 0. The number of aryl methyl sites for hydroxylation is 1. The van der Waals surface area contributed by atoms with E-state index >= 15 is 0 Å². The number of fused-ring (bicyclic) bond motifs is 1. The van der Waals surface area contributed by atoms with Gasteiger partial charge in [-0.25, -0.2) is 9.59 Å². The van der Waals surface area contributed by atoms with E-state index in [4.69, 9.17) is 4.74 Å². The first-order valence-corrected chi connectivity index (χ1v) is 8.14. The molecule has 1 heterocycles. The maximum atomic E-state index is 12.6. The molecule has 0 amide bonds. The van der Waals surface area contributed by atoms with Crippen LogP contribution in [0.15, 0.2) is 23.0 Å². The van der Waals surface area contributed by atoms with E-state index in [0.717, 1.165) is 0 Å². The molecule has 6 nitrogen and oxygen atoms in total. The van der Waals surface area contributed by atoms with E-state index in [1.54, 1.807) is 29.7 Å². The molecule has 0 radical (unpaired) electrons. The monoisotopic (exact) mass is 332 g/mol. The van der Waals surface area contributed by atoms with Gasteiger partial charge in [-0.2, -0.15) is 0 Å². The van der Waals surface area contributed by atoms with E-state index in [1.807, 2.05) is 27.7 Å². The van der Waals surface area contributed by atoms with Gasteiger partial charge in [0.15, 0.2) is 5.78 Å². The van der Waals surface area contributed by atoms with E-state index in [1.165, 1.54) is 4.57 Å².